The van der Waals surface area contributed by atoms with E-state index in [9.17, 15) is 8.42 Å². The second kappa shape index (κ2) is 3.08. The SMILES string of the molecule is CCC(C)N1CCNS1(=O)=O. The van der Waals surface area contributed by atoms with Crippen LogP contribution < -0.4 is 4.72 Å². The molecule has 1 saturated heterocycles. The molecule has 0 aromatic heterocycles. The smallest absolute Gasteiger partial charge is 0.201 e. The third-order valence-corrected chi connectivity index (χ3v) is 3.74. The standard InChI is InChI=1S/C6H14N2O2S/c1-3-6(2)8-5-4-7-11(8,9)10/h6-7H,3-5H2,1-2H3. The number of rotatable bonds is 2. The molecule has 1 atom stereocenters. The molecule has 0 bridgehead atoms. The Bertz CT molecular complexity index is 225. The third-order valence-electron chi connectivity index (χ3n) is 2.01. The predicted molar refractivity (Wildman–Crippen MR) is 43.4 cm³/mol. The van der Waals surface area contributed by atoms with E-state index >= 15 is 0 Å². The summed E-state index contributed by atoms with van der Waals surface area (Å²) in [5.41, 5.74) is 0. The highest BCUT2D eigenvalue weighted by molar-refractivity contribution is 7.87. The molecule has 5 heteroatoms. The molecule has 1 aliphatic heterocycles. The lowest BCUT2D eigenvalue weighted by Gasteiger charge is -2.19. The molecule has 0 aromatic carbocycles. The van der Waals surface area contributed by atoms with E-state index in [4.69, 9.17) is 0 Å². The largest absolute Gasteiger partial charge is 0.279 e. The van der Waals surface area contributed by atoms with Crippen molar-refractivity contribution in [2.45, 2.75) is 26.3 Å². The van der Waals surface area contributed by atoms with Crippen LogP contribution in [-0.4, -0.2) is 31.9 Å². The first-order valence-electron chi connectivity index (χ1n) is 3.84. The molecule has 66 valence electrons. The van der Waals surface area contributed by atoms with E-state index in [1.54, 1.807) is 0 Å². The molecule has 1 fully saturated rings. The van der Waals surface area contributed by atoms with Gasteiger partial charge in [0.25, 0.3) is 10.2 Å². The maximum atomic E-state index is 11.2. The van der Waals surface area contributed by atoms with E-state index < -0.39 is 10.2 Å². The first-order valence-corrected chi connectivity index (χ1v) is 5.28. The zero-order valence-corrected chi connectivity index (χ0v) is 7.69. The lowest BCUT2D eigenvalue weighted by Crippen LogP contribution is -2.36. The first-order chi connectivity index (χ1) is 5.08. The summed E-state index contributed by atoms with van der Waals surface area (Å²) in [6, 6.07) is 0.120. The number of hydrogen-bond acceptors (Lipinski definition) is 2. The van der Waals surface area contributed by atoms with Crippen LogP contribution in [0.4, 0.5) is 0 Å². The minimum Gasteiger partial charge on any atom is -0.201 e. The van der Waals surface area contributed by atoms with Gasteiger partial charge in [-0.15, -0.1) is 0 Å². The van der Waals surface area contributed by atoms with Gasteiger partial charge >= 0.3 is 0 Å². The van der Waals surface area contributed by atoms with Crippen molar-refractivity contribution in [2.75, 3.05) is 13.1 Å². The molecule has 1 aliphatic rings. The highest BCUT2D eigenvalue weighted by atomic mass is 32.2. The Balaban J connectivity index is 2.73. The lowest BCUT2D eigenvalue weighted by molar-refractivity contribution is 0.358. The fourth-order valence-corrected chi connectivity index (χ4v) is 2.62. The number of nitrogens with one attached hydrogen (secondary N) is 1. The minimum absolute atomic E-state index is 0.120. The summed E-state index contributed by atoms with van der Waals surface area (Å²) in [4.78, 5) is 0. The van der Waals surface area contributed by atoms with Gasteiger partial charge in [0.15, 0.2) is 0 Å². The molecule has 0 amide bonds. The van der Waals surface area contributed by atoms with Gasteiger partial charge in [-0.1, -0.05) is 6.92 Å². The average molecular weight is 178 g/mol. The van der Waals surface area contributed by atoms with Gasteiger partial charge in [0.1, 0.15) is 0 Å². The summed E-state index contributed by atoms with van der Waals surface area (Å²) in [7, 11) is -3.12. The minimum atomic E-state index is -3.12. The summed E-state index contributed by atoms with van der Waals surface area (Å²) < 4.78 is 26.3. The van der Waals surface area contributed by atoms with Crippen molar-refractivity contribution in [3.8, 4) is 0 Å². The fourth-order valence-electron chi connectivity index (χ4n) is 1.15. The molecular weight excluding hydrogens is 164 g/mol. The normalized spacial score (nSPS) is 27.1. The molecule has 0 spiro atoms. The highest BCUT2D eigenvalue weighted by Gasteiger charge is 2.30. The van der Waals surface area contributed by atoms with E-state index in [1.807, 2.05) is 13.8 Å². The number of hydrogen-bond donors (Lipinski definition) is 1. The maximum absolute atomic E-state index is 11.2. The Kier molecular flexibility index (Phi) is 2.51. The van der Waals surface area contributed by atoms with Crippen molar-refractivity contribution >= 4 is 10.2 Å². The van der Waals surface area contributed by atoms with E-state index in [0.717, 1.165) is 6.42 Å². The van der Waals surface area contributed by atoms with Crippen LogP contribution in [-0.2, 0) is 10.2 Å². The van der Waals surface area contributed by atoms with Crippen molar-refractivity contribution in [2.24, 2.45) is 0 Å². The molecule has 1 N–H and O–H groups in total. The van der Waals surface area contributed by atoms with Crippen molar-refractivity contribution < 1.29 is 8.42 Å². The topological polar surface area (TPSA) is 49.4 Å². The van der Waals surface area contributed by atoms with E-state index in [0.29, 0.717) is 13.1 Å². The Morgan fingerprint density at radius 3 is 2.64 bits per heavy atom. The molecule has 0 aromatic rings. The molecule has 0 radical (unpaired) electrons. The molecule has 0 aliphatic carbocycles. The second-order valence-corrected chi connectivity index (χ2v) is 4.48. The molecule has 11 heavy (non-hydrogen) atoms. The van der Waals surface area contributed by atoms with E-state index in [2.05, 4.69) is 4.72 Å². The first kappa shape index (κ1) is 8.96. The van der Waals surface area contributed by atoms with Gasteiger partial charge in [0.2, 0.25) is 0 Å². The average Bonchev–Trinajstić information content (AvgIpc) is 2.28. The summed E-state index contributed by atoms with van der Waals surface area (Å²) in [5.74, 6) is 0. The van der Waals surface area contributed by atoms with Crippen LogP contribution in [0.3, 0.4) is 0 Å². The summed E-state index contributed by atoms with van der Waals surface area (Å²) in [5, 5.41) is 0. The quantitative estimate of drug-likeness (QED) is 0.643. The summed E-state index contributed by atoms with van der Waals surface area (Å²) >= 11 is 0. The van der Waals surface area contributed by atoms with E-state index in [-0.39, 0.29) is 6.04 Å². The monoisotopic (exact) mass is 178 g/mol. The summed E-state index contributed by atoms with van der Waals surface area (Å²) in [6.07, 6.45) is 0.862. The van der Waals surface area contributed by atoms with Crippen molar-refractivity contribution in [3.63, 3.8) is 0 Å². The van der Waals surface area contributed by atoms with Gasteiger partial charge in [0, 0.05) is 19.1 Å². The predicted octanol–water partition coefficient (Wildman–Crippen LogP) is -0.0651. The van der Waals surface area contributed by atoms with Crippen LogP contribution in [0.5, 0.6) is 0 Å². The van der Waals surface area contributed by atoms with Crippen LogP contribution in [0, 0.1) is 0 Å². The second-order valence-electron chi connectivity index (χ2n) is 2.77. The zero-order chi connectivity index (χ0) is 8.48. The molecular formula is C6H14N2O2S. The van der Waals surface area contributed by atoms with Gasteiger partial charge in [0.05, 0.1) is 0 Å². The van der Waals surface area contributed by atoms with Gasteiger partial charge in [-0.25, -0.2) is 4.72 Å². The van der Waals surface area contributed by atoms with Gasteiger partial charge < -0.3 is 0 Å². The Morgan fingerprint density at radius 2 is 2.27 bits per heavy atom. The van der Waals surface area contributed by atoms with Crippen LogP contribution in [0.25, 0.3) is 0 Å². The Morgan fingerprint density at radius 1 is 1.64 bits per heavy atom. The molecule has 0 saturated carbocycles. The number of nitrogens with zero attached hydrogens (tertiary/aromatic N) is 1. The van der Waals surface area contributed by atoms with Crippen LogP contribution in [0.2, 0.25) is 0 Å². The van der Waals surface area contributed by atoms with Gasteiger partial charge in [-0.3, -0.25) is 0 Å². The molecule has 1 rings (SSSR count). The van der Waals surface area contributed by atoms with Crippen LogP contribution in [0.1, 0.15) is 20.3 Å². The fraction of sp³-hybridized carbons (Fsp3) is 1.00. The Hall–Kier alpha value is -0.130. The van der Waals surface area contributed by atoms with Crippen LogP contribution >= 0.6 is 0 Å². The summed E-state index contributed by atoms with van der Waals surface area (Å²) in [6.45, 7) is 5.06. The molecule has 4 nitrogen and oxygen atoms in total. The zero-order valence-electron chi connectivity index (χ0n) is 6.87. The van der Waals surface area contributed by atoms with Crippen molar-refractivity contribution in [1.82, 2.24) is 9.03 Å². The lowest BCUT2D eigenvalue weighted by atomic mass is 10.3. The van der Waals surface area contributed by atoms with Crippen molar-refractivity contribution in [1.29, 1.82) is 0 Å². The van der Waals surface area contributed by atoms with Crippen LogP contribution in [0.15, 0.2) is 0 Å². The van der Waals surface area contributed by atoms with E-state index in [1.165, 1.54) is 4.31 Å². The third kappa shape index (κ3) is 1.72. The molecule has 1 unspecified atom stereocenters. The van der Waals surface area contributed by atoms with Crippen molar-refractivity contribution in [3.05, 3.63) is 0 Å². The maximum Gasteiger partial charge on any atom is 0.279 e. The molecule has 1 heterocycles. The van der Waals surface area contributed by atoms with Gasteiger partial charge in [-0.2, -0.15) is 12.7 Å². The highest BCUT2D eigenvalue weighted by Crippen LogP contribution is 2.11. The van der Waals surface area contributed by atoms with Gasteiger partial charge in [-0.05, 0) is 13.3 Å². The Labute approximate surface area is 67.8 Å².